The lowest BCUT2D eigenvalue weighted by molar-refractivity contribution is 0.105. The molecule has 2 unspecified atom stereocenters. The number of fused-ring (bicyclic) bond motifs is 1. The van der Waals surface area contributed by atoms with Crippen molar-refractivity contribution in [1.82, 2.24) is 19.4 Å². The molecule has 5 rings (SSSR count). The largest absolute Gasteiger partial charge is 0.493 e. The van der Waals surface area contributed by atoms with E-state index in [4.69, 9.17) is 4.74 Å². The van der Waals surface area contributed by atoms with Gasteiger partial charge in [0.15, 0.2) is 5.82 Å². The number of anilines is 1. The van der Waals surface area contributed by atoms with Crippen molar-refractivity contribution >= 4 is 16.9 Å². The number of nitriles is 1. The van der Waals surface area contributed by atoms with Crippen LogP contribution in [0.25, 0.3) is 11.0 Å². The molecule has 2 aromatic heterocycles. The van der Waals surface area contributed by atoms with Crippen LogP contribution >= 0.6 is 0 Å². The van der Waals surface area contributed by atoms with Crippen LogP contribution < -0.4 is 15.3 Å². The van der Waals surface area contributed by atoms with Crippen molar-refractivity contribution in [3.8, 4) is 11.8 Å². The fourth-order valence-electron chi connectivity index (χ4n) is 5.20. The van der Waals surface area contributed by atoms with Crippen LogP contribution in [0.4, 0.5) is 5.82 Å². The molecule has 1 saturated carbocycles. The highest BCUT2D eigenvalue weighted by Crippen LogP contribution is 2.33. The van der Waals surface area contributed by atoms with E-state index < -0.39 is 0 Å². The molecule has 1 aliphatic heterocycles. The Morgan fingerprint density at radius 2 is 1.89 bits per heavy atom. The van der Waals surface area contributed by atoms with Gasteiger partial charge in [-0.05, 0) is 68.9 Å². The highest BCUT2D eigenvalue weighted by atomic mass is 16.5. The molecule has 2 fully saturated rings. The second-order valence-electron chi connectivity index (χ2n) is 10.2. The summed E-state index contributed by atoms with van der Waals surface area (Å²) in [5.74, 6) is 2.25. The van der Waals surface area contributed by atoms with E-state index in [0.29, 0.717) is 22.5 Å². The van der Waals surface area contributed by atoms with Gasteiger partial charge in [0.25, 0.3) is 0 Å². The molecule has 3 heterocycles. The Kier molecular flexibility index (Phi) is 6.67. The van der Waals surface area contributed by atoms with Crippen molar-refractivity contribution in [2.45, 2.75) is 58.2 Å². The molecule has 3 atom stereocenters. The van der Waals surface area contributed by atoms with Crippen molar-refractivity contribution < 1.29 is 4.74 Å². The van der Waals surface area contributed by atoms with Gasteiger partial charge in [0.2, 0.25) is 0 Å². The molecular weight excluding hydrogens is 452 g/mol. The van der Waals surface area contributed by atoms with E-state index >= 15 is 0 Å². The molecule has 8 nitrogen and oxygen atoms in total. The minimum absolute atomic E-state index is 0.117. The van der Waals surface area contributed by atoms with Crippen molar-refractivity contribution in [1.29, 1.82) is 5.26 Å². The molecule has 1 saturated heterocycles. The van der Waals surface area contributed by atoms with Gasteiger partial charge in [-0.1, -0.05) is 19.1 Å². The van der Waals surface area contributed by atoms with E-state index in [2.05, 4.69) is 70.9 Å². The van der Waals surface area contributed by atoms with E-state index in [-0.39, 0.29) is 23.8 Å². The first kappa shape index (κ1) is 24.3. The fraction of sp³-hybridized carbons (Fsp3) is 0.500. The van der Waals surface area contributed by atoms with Crippen molar-refractivity contribution in [2.75, 3.05) is 24.6 Å². The summed E-state index contributed by atoms with van der Waals surface area (Å²) in [6.07, 6.45) is 3.54. The Morgan fingerprint density at radius 1 is 1.14 bits per heavy atom. The van der Waals surface area contributed by atoms with Gasteiger partial charge >= 0.3 is 5.69 Å². The summed E-state index contributed by atoms with van der Waals surface area (Å²) in [5.41, 5.74) is 2.56. The molecule has 8 heteroatoms. The molecular formula is C28H34N6O2. The maximum Gasteiger partial charge on any atom is 0.349 e. The second kappa shape index (κ2) is 9.90. The third-order valence-electron chi connectivity index (χ3n) is 7.72. The number of pyridine rings is 1. The summed E-state index contributed by atoms with van der Waals surface area (Å²) in [6, 6.07) is 14.7. The van der Waals surface area contributed by atoms with Crippen LogP contribution in [0.1, 0.15) is 57.3 Å². The lowest BCUT2D eigenvalue weighted by atomic mass is 9.98. The predicted octanol–water partition coefficient (Wildman–Crippen LogP) is 4.04. The van der Waals surface area contributed by atoms with Crippen LogP contribution in [0.5, 0.6) is 5.75 Å². The predicted molar refractivity (Wildman–Crippen MR) is 140 cm³/mol. The molecule has 0 radical (unpaired) electrons. The van der Waals surface area contributed by atoms with Crippen molar-refractivity contribution in [2.24, 2.45) is 13.0 Å². The maximum atomic E-state index is 12.7. The molecule has 0 amide bonds. The Bertz CT molecular complexity index is 1340. The number of rotatable bonds is 7. The van der Waals surface area contributed by atoms with Gasteiger partial charge in [0, 0.05) is 38.3 Å². The van der Waals surface area contributed by atoms with Crippen LogP contribution in [0.3, 0.4) is 0 Å². The first-order chi connectivity index (χ1) is 17.4. The van der Waals surface area contributed by atoms with E-state index in [1.165, 1.54) is 23.0 Å². The zero-order chi connectivity index (χ0) is 25.4. The highest BCUT2D eigenvalue weighted by Gasteiger charge is 2.35. The molecule has 1 aromatic carbocycles. The van der Waals surface area contributed by atoms with Crippen LogP contribution in [0.2, 0.25) is 0 Å². The first-order valence-corrected chi connectivity index (χ1v) is 12.9. The average molecular weight is 487 g/mol. The van der Waals surface area contributed by atoms with Gasteiger partial charge in [0.1, 0.15) is 23.0 Å². The van der Waals surface area contributed by atoms with Gasteiger partial charge in [-0.3, -0.25) is 9.47 Å². The number of nitrogens with zero attached hydrogens (tertiary/aromatic N) is 6. The SMILES string of the molecule is CCC1CN(c2nc(=O)n(C)c3ccc(C#N)nc23)[C@@H](C)CN1C(C)c1ccc(OCC2CC2)cc1. The Morgan fingerprint density at radius 3 is 2.56 bits per heavy atom. The summed E-state index contributed by atoms with van der Waals surface area (Å²) in [6.45, 7) is 9.02. The van der Waals surface area contributed by atoms with E-state index in [1.54, 1.807) is 19.2 Å². The number of ether oxygens (including phenoxy) is 1. The maximum absolute atomic E-state index is 12.7. The topological polar surface area (TPSA) is 87.3 Å². The Labute approximate surface area is 212 Å². The van der Waals surface area contributed by atoms with Crippen molar-refractivity contribution in [3.63, 3.8) is 0 Å². The molecule has 3 aromatic rings. The van der Waals surface area contributed by atoms with Gasteiger partial charge < -0.3 is 9.64 Å². The van der Waals surface area contributed by atoms with Crippen LogP contribution in [0.15, 0.2) is 41.2 Å². The van der Waals surface area contributed by atoms with Gasteiger partial charge in [-0.2, -0.15) is 10.2 Å². The molecule has 188 valence electrons. The van der Waals surface area contributed by atoms with Crippen molar-refractivity contribution in [3.05, 3.63) is 58.1 Å². The lowest BCUT2D eigenvalue weighted by Crippen LogP contribution is -2.58. The quantitative estimate of drug-likeness (QED) is 0.498. The summed E-state index contributed by atoms with van der Waals surface area (Å²) in [7, 11) is 1.69. The molecule has 36 heavy (non-hydrogen) atoms. The molecule has 2 aliphatic rings. The number of hydrogen-bond acceptors (Lipinski definition) is 7. The normalized spacial score (nSPS) is 21.4. The Balaban J connectivity index is 1.39. The van der Waals surface area contributed by atoms with E-state index in [1.807, 2.05) is 0 Å². The number of aryl methyl sites for hydroxylation is 1. The number of benzene rings is 1. The molecule has 0 N–H and O–H groups in total. The standard InChI is InChI=1S/C28H34N6O2/c1-5-23-16-33(27-26-25(32(4)28(35)31-27)13-10-22(14-29)30-26)18(2)15-34(23)19(3)21-8-11-24(12-9-21)36-17-20-6-7-20/h8-13,18-20,23H,5-7,15-17H2,1-4H3/t18-,19?,23?/m0/s1. The smallest absolute Gasteiger partial charge is 0.349 e. The summed E-state index contributed by atoms with van der Waals surface area (Å²) in [5, 5.41) is 9.40. The molecule has 1 aliphatic carbocycles. The number of hydrogen-bond donors (Lipinski definition) is 0. The van der Waals surface area contributed by atoms with E-state index in [9.17, 15) is 10.1 Å². The number of aromatic nitrogens is 3. The minimum atomic E-state index is -0.316. The lowest BCUT2D eigenvalue weighted by Gasteiger charge is -2.48. The monoisotopic (exact) mass is 486 g/mol. The van der Waals surface area contributed by atoms with Gasteiger partial charge in [-0.25, -0.2) is 9.78 Å². The van der Waals surface area contributed by atoms with Gasteiger partial charge in [0.05, 0.1) is 12.1 Å². The third kappa shape index (κ3) is 4.68. The van der Waals surface area contributed by atoms with Crippen LogP contribution in [0, 0.1) is 17.2 Å². The second-order valence-corrected chi connectivity index (χ2v) is 10.2. The van der Waals surface area contributed by atoms with Crippen LogP contribution in [-0.4, -0.2) is 51.2 Å². The zero-order valence-corrected chi connectivity index (χ0v) is 21.5. The van der Waals surface area contributed by atoms with Crippen LogP contribution in [-0.2, 0) is 7.05 Å². The first-order valence-electron chi connectivity index (χ1n) is 12.9. The summed E-state index contributed by atoms with van der Waals surface area (Å²) in [4.78, 5) is 26.4. The number of piperazine rings is 1. The van der Waals surface area contributed by atoms with Gasteiger partial charge in [-0.15, -0.1) is 0 Å². The van der Waals surface area contributed by atoms with E-state index in [0.717, 1.165) is 37.8 Å². The highest BCUT2D eigenvalue weighted by molar-refractivity contribution is 5.86. The Hall–Kier alpha value is -3.44. The molecule has 0 spiro atoms. The summed E-state index contributed by atoms with van der Waals surface area (Å²) >= 11 is 0. The third-order valence-corrected chi connectivity index (χ3v) is 7.72. The zero-order valence-electron chi connectivity index (χ0n) is 21.5. The molecule has 0 bridgehead atoms. The minimum Gasteiger partial charge on any atom is -0.493 e. The summed E-state index contributed by atoms with van der Waals surface area (Å²) < 4.78 is 7.41. The average Bonchev–Trinajstić information content (AvgIpc) is 3.74. The fourth-order valence-corrected chi connectivity index (χ4v) is 5.20.